The summed E-state index contributed by atoms with van der Waals surface area (Å²) in [5.74, 6) is 0. The molecule has 0 aliphatic heterocycles. The number of hydrogen-bond acceptors (Lipinski definition) is 4. The highest BCUT2D eigenvalue weighted by Gasteiger charge is 2.10. The number of nitrogens with one attached hydrogen (secondary N) is 1. The third-order valence-electron chi connectivity index (χ3n) is 1.75. The topological polar surface area (TPSA) is 37.8 Å². The van der Waals surface area contributed by atoms with Crippen molar-refractivity contribution in [3.05, 3.63) is 11.1 Å². The predicted octanol–water partition coefficient (Wildman–Crippen LogP) is 1.99. The second kappa shape index (κ2) is 5.22. The van der Waals surface area contributed by atoms with Crippen molar-refractivity contribution < 1.29 is 0 Å². The van der Waals surface area contributed by atoms with Gasteiger partial charge in [-0.1, -0.05) is 24.8 Å². The molecule has 1 aromatic rings. The Hall–Kier alpha value is -0.480. The monoisotopic (exact) mass is 185 g/mol. The lowest BCUT2D eigenvalue weighted by molar-refractivity contribution is 0.516. The summed E-state index contributed by atoms with van der Waals surface area (Å²) in [5, 5.41) is 7.25. The average molecular weight is 185 g/mol. The summed E-state index contributed by atoms with van der Waals surface area (Å²) in [7, 11) is 0. The third kappa shape index (κ3) is 2.53. The molecule has 4 heteroatoms. The quantitative estimate of drug-likeness (QED) is 0.762. The van der Waals surface area contributed by atoms with Crippen molar-refractivity contribution in [1.29, 1.82) is 0 Å². The maximum absolute atomic E-state index is 3.86. The molecule has 1 unspecified atom stereocenters. The largest absolute Gasteiger partial charge is 0.309 e. The predicted molar refractivity (Wildman–Crippen MR) is 51.2 cm³/mol. The molecule has 0 saturated carbocycles. The second-order valence-corrected chi connectivity index (χ2v) is 3.54. The minimum absolute atomic E-state index is 0.458. The van der Waals surface area contributed by atoms with Gasteiger partial charge in [0.2, 0.25) is 0 Å². The lowest BCUT2D eigenvalue weighted by Gasteiger charge is -2.13. The third-order valence-corrected chi connectivity index (χ3v) is 2.53. The maximum Gasteiger partial charge on any atom is 0.0669 e. The Balaban J connectivity index is 2.53. The summed E-state index contributed by atoms with van der Waals surface area (Å²) in [5.41, 5.74) is 0. The van der Waals surface area contributed by atoms with Gasteiger partial charge in [-0.25, -0.2) is 0 Å². The molecule has 0 radical (unpaired) electrons. The lowest BCUT2D eigenvalue weighted by Crippen LogP contribution is -2.19. The van der Waals surface area contributed by atoms with Gasteiger partial charge in [-0.2, -0.15) is 0 Å². The summed E-state index contributed by atoms with van der Waals surface area (Å²) in [6.45, 7) is 5.32. The molecular weight excluding hydrogens is 170 g/mol. The number of nitrogens with zero attached hydrogens (tertiary/aromatic N) is 2. The summed E-state index contributed by atoms with van der Waals surface area (Å²) in [4.78, 5) is 1.25. The first-order valence-corrected chi connectivity index (χ1v) is 5.16. The fraction of sp³-hybridized carbons (Fsp3) is 0.750. The highest BCUT2D eigenvalue weighted by Crippen LogP contribution is 2.19. The molecule has 0 aromatic carbocycles. The molecule has 68 valence electrons. The molecule has 0 bridgehead atoms. The Morgan fingerprint density at radius 2 is 2.42 bits per heavy atom. The highest BCUT2D eigenvalue weighted by molar-refractivity contribution is 7.05. The standard InChI is InChI=1S/C8H15N3S/c1-3-5-7(9-4-2)8-6-10-11-12-8/h6-7,9H,3-5H2,1-2H3. The molecule has 12 heavy (non-hydrogen) atoms. The first-order valence-electron chi connectivity index (χ1n) is 4.39. The second-order valence-electron chi connectivity index (χ2n) is 2.72. The van der Waals surface area contributed by atoms with E-state index in [0.717, 1.165) is 13.0 Å². The zero-order chi connectivity index (χ0) is 8.81. The van der Waals surface area contributed by atoms with Crippen molar-refractivity contribution in [2.45, 2.75) is 32.7 Å². The Kier molecular flexibility index (Phi) is 4.18. The van der Waals surface area contributed by atoms with Gasteiger partial charge >= 0.3 is 0 Å². The molecule has 0 aliphatic carbocycles. The van der Waals surface area contributed by atoms with E-state index in [0.29, 0.717) is 6.04 Å². The molecule has 1 aromatic heterocycles. The normalized spacial score (nSPS) is 13.2. The lowest BCUT2D eigenvalue weighted by atomic mass is 10.1. The Morgan fingerprint density at radius 3 is 2.92 bits per heavy atom. The van der Waals surface area contributed by atoms with E-state index in [2.05, 4.69) is 28.8 Å². The van der Waals surface area contributed by atoms with E-state index < -0.39 is 0 Å². The molecule has 0 spiro atoms. The average Bonchev–Trinajstić information content (AvgIpc) is 2.56. The summed E-state index contributed by atoms with van der Waals surface area (Å²) >= 11 is 1.49. The van der Waals surface area contributed by atoms with Crippen molar-refractivity contribution in [2.75, 3.05) is 6.54 Å². The molecule has 1 atom stereocenters. The van der Waals surface area contributed by atoms with Gasteiger partial charge in [0.05, 0.1) is 11.1 Å². The Bertz CT molecular complexity index is 192. The van der Waals surface area contributed by atoms with Crippen LogP contribution in [0.25, 0.3) is 0 Å². The molecule has 1 rings (SSSR count). The van der Waals surface area contributed by atoms with Crippen LogP contribution in [0, 0.1) is 0 Å². The van der Waals surface area contributed by atoms with Crippen LogP contribution in [0.15, 0.2) is 6.20 Å². The van der Waals surface area contributed by atoms with Crippen molar-refractivity contribution in [1.82, 2.24) is 14.9 Å². The smallest absolute Gasteiger partial charge is 0.0669 e. The highest BCUT2D eigenvalue weighted by atomic mass is 32.1. The van der Waals surface area contributed by atoms with E-state index in [-0.39, 0.29) is 0 Å². The van der Waals surface area contributed by atoms with E-state index in [9.17, 15) is 0 Å². The molecular formula is C8H15N3S. The molecule has 0 aliphatic rings. The Labute approximate surface area is 77.4 Å². The summed E-state index contributed by atoms with van der Waals surface area (Å²) < 4.78 is 3.86. The van der Waals surface area contributed by atoms with Crippen molar-refractivity contribution in [3.63, 3.8) is 0 Å². The van der Waals surface area contributed by atoms with Crippen LogP contribution in [-0.4, -0.2) is 16.1 Å². The maximum atomic E-state index is 3.86. The van der Waals surface area contributed by atoms with Crippen LogP contribution in [0.3, 0.4) is 0 Å². The van der Waals surface area contributed by atoms with E-state index in [1.165, 1.54) is 22.8 Å². The van der Waals surface area contributed by atoms with Crippen LogP contribution in [-0.2, 0) is 0 Å². The van der Waals surface area contributed by atoms with Crippen LogP contribution < -0.4 is 5.32 Å². The van der Waals surface area contributed by atoms with Crippen LogP contribution in [0.5, 0.6) is 0 Å². The SMILES string of the molecule is CCCC(NCC)c1cnns1. The van der Waals surface area contributed by atoms with Gasteiger partial charge in [0.25, 0.3) is 0 Å². The van der Waals surface area contributed by atoms with E-state index in [1.807, 2.05) is 6.20 Å². The van der Waals surface area contributed by atoms with E-state index in [4.69, 9.17) is 0 Å². The zero-order valence-electron chi connectivity index (χ0n) is 7.58. The molecule has 0 fully saturated rings. The van der Waals surface area contributed by atoms with E-state index >= 15 is 0 Å². The van der Waals surface area contributed by atoms with Crippen LogP contribution in [0.2, 0.25) is 0 Å². The Morgan fingerprint density at radius 1 is 1.58 bits per heavy atom. The molecule has 3 nitrogen and oxygen atoms in total. The van der Waals surface area contributed by atoms with Gasteiger partial charge in [0.15, 0.2) is 0 Å². The first kappa shape index (κ1) is 9.61. The van der Waals surface area contributed by atoms with E-state index in [1.54, 1.807) is 0 Å². The molecule has 0 saturated heterocycles. The van der Waals surface area contributed by atoms with Gasteiger partial charge < -0.3 is 5.32 Å². The van der Waals surface area contributed by atoms with Crippen molar-refractivity contribution >= 4 is 11.5 Å². The summed E-state index contributed by atoms with van der Waals surface area (Å²) in [6.07, 6.45) is 4.21. The van der Waals surface area contributed by atoms with Crippen LogP contribution >= 0.6 is 11.5 Å². The molecule has 1 N–H and O–H groups in total. The number of aromatic nitrogens is 2. The minimum Gasteiger partial charge on any atom is -0.309 e. The minimum atomic E-state index is 0.458. The zero-order valence-corrected chi connectivity index (χ0v) is 8.40. The fourth-order valence-electron chi connectivity index (χ4n) is 1.21. The van der Waals surface area contributed by atoms with Crippen molar-refractivity contribution in [2.24, 2.45) is 0 Å². The molecule has 0 amide bonds. The van der Waals surface area contributed by atoms with Crippen LogP contribution in [0.1, 0.15) is 37.6 Å². The number of rotatable bonds is 5. The fourth-order valence-corrected chi connectivity index (χ4v) is 1.82. The van der Waals surface area contributed by atoms with Gasteiger partial charge in [-0.3, -0.25) is 0 Å². The van der Waals surface area contributed by atoms with Gasteiger partial charge in [0.1, 0.15) is 0 Å². The number of hydrogen-bond donors (Lipinski definition) is 1. The van der Waals surface area contributed by atoms with Gasteiger partial charge in [-0.05, 0) is 24.5 Å². The van der Waals surface area contributed by atoms with Gasteiger partial charge in [0, 0.05) is 6.04 Å². The van der Waals surface area contributed by atoms with Crippen LogP contribution in [0.4, 0.5) is 0 Å². The van der Waals surface area contributed by atoms with Gasteiger partial charge in [-0.15, -0.1) is 5.10 Å². The van der Waals surface area contributed by atoms with Crippen molar-refractivity contribution in [3.8, 4) is 0 Å². The summed E-state index contributed by atoms with van der Waals surface area (Å²) in [6, 6.07) is 0.458. The molecule has 1 heterocycles. The first-order chi connectivity index (χ1) is 5.88.